The van der Waals surface area contributed by atoms with Crippen molar-refractivity contribution >= 4 is 0 Å². The van der Waals surface area contributed by atoms with Crippen LogP contribution in [0.1, 0.15) is 38.5 Å². The first-order valence-electron chi connectivity index (χ1n) is 10.5. The molecule has 0 radical (unpaired) electrons. The summed E-state index contributed by atoms with van der Waals surface area (Å²) in [6.45, 7) is 3.89. The SMILES string of the molecule is NCCC(CN)(CCN)N(C(CN)(CCN)CCN)C(CN)(CCN)CCN. The van der Waals surface area contributed by atoms with E-state index in [4.69, 9.17) is 51.6 Å². The summed E-state index contributed by atoms with van der Waals surface area (Å²) < 4.78 is 0. The summed E-state index contributed by atoms with van der Waals surface area (Å²) in [6.07, 6.45) is 3.97. The Morgan fingerprint density at radius 1 is 0.357 bits per heavy atom. The maximum Gasteiger partial charge on any atom is 0.0367 e. The molecule has 0 aliphatic carbocycles. The third kappa shape index (κ3) is 6.05. The van der Waals surface area contributed by atoms with Gasteiger partial charge in [0, 0.05) is 36.3 Å². The van der Waals surface area contributed by atoms with Crippen molar-refractivity contribution in [3.05, 3.63) is 0 Å². The van der Waals surface area contributed by atoms with Crippen LogP contribution < -0.4 is 51.6 Å². The molecule has 0 rings (SSSR count). The van der Waals surface area contributed by atoms with E-state index in [-0.39, 0.29) is 0 Å². The van der Waals surface area contributed by atoms with E-state index in [9.17, 15) is 0 Å². The minimum Gasteiger partial charge on any atom is -0.330 e. The Balaban J connectivity index is 6.92. The smallest absolute Gasteiger partial charge is 0.0367 e. The van der Waals surface area contributed by atoms with Crippen molar-refractivity contribution in [2.75, 3.05) is 58.9 Å². The molecular formula is C18H48N10. The normalized spacial score (nSPS) is 13.5. The Hall–Kier alpha value is -0.400. The first-order chi connectivity index (χ1) is 13.4. The molecule has 10 nitrogen and oxygen atoms in total. The molecular weight excluding hydrogens is 356 g/mol. The average molecular weight is 405 g/mol. The van der Waals surface area contributed by atoms with E-state index in [1.165, 1.54) is 0 Å². The zero-order valence-corrected chi connectivity index (χ0v) is 17.7. The van der Waals surface area contributed by atoms with Gasteiger partial charge >= 0.3 is 0 Å². The number of nitrogens with zero attached hydrogens (tertiary/aromatic N) is 1. The molecule has 0 atom stereocenters. The summed E-state index contributed by atoms with van der Waals surface area (Å²) >= 11 is 0. The first kappa shape index (κ1) is 27.6. The quantitative estimate of drug-likeness (QED) is 0.109. The summed E-state index contributed by atoms with van der Waals surface area (Å²) in [5, 5.41) is 0. The van der Waals surface area contributed by atoms with Crippen LogP contribution in [-0.4, -0.2) is 80.4 Å². The van der Waals surface area contributed by atoms with Crippen LogP contribution in [0.2, 0.25) is 0 Å². The molecule has 28 heavy (non-hydrogen) atoms. The first-order valence-corrected chi connectivity index (χ1v) is 10.5. The highest BCUT2D eigenvalue weighted by molar-refractivity contribution is 5.12. The molecule has 0 saturated heterocycles. The Kier molecular flexibility index (Phi) is 13.6. The van der Waals surface area contributed by atoms with Crippen LogP contribution in [0.25, 0.3) is 0 Å². The fraction of sp³-hybridized carbons (Fsp3) is 1.00. The van der Waals surface area contributed by atoms with Gasteiger partial charge in [0.1, 0.15) is 0 Å². The summed E-state index contributed by atoms with van der Waals surface area (Å²) in [5.74, 6) is 0. The lowest BCUT2D eigenvalue weighted by molar-refractivity contribution is -0.115. The van der Waals surface area contributed by atoms with Crippen molar-refractivity contribution in [3.63, 3.8) is 0 Å². The van der Waals surface area contributed by atoms with Gasteiger partial charge in [0.05, 0.1) is 0 Å². The molecule has 0 aromatic carbocycles. The molecule has 0 aliphatic rings. The summed E-state index contributed by atoms with van der Waals surface area (Å²) in [6, 6.07) is 0. The maximum atomic E-state index is 6.41. The second-order valence-corrected chi connectivity index (χ2v) is 7.85. The van der Waals surface area contributed by atoms with Crippen molar-refractivity contribution in [1.82, 2.24) is 4.90 Å². The van der Waals surface area contributed by atoms with E-state index in [2.05, 4.69) is 4.90 Å². The number of hydrogen-bond donors (Lipinski definition) is 9. The van der Waals surface area contributed by atoms with Crippen LogP contribution in [0.15, 0.2) is 0 Å². The Labute approximate surface area is 171 Å². The Bertz CT molecular complexity index is 318. The van der Waals surface area contributed by atoms with E-state index < -0.39 is 16.6 Å². The molecule has 0 aromatic heterocycles. The highest BCUT2D eigenvalue weighted by atomic mass is 15.3. The van der Waals surface area contributed by atoms with E-state index in [0.29, 0.717) is 97.4 Å². The van der Waals surface area contributed by atoms with Gasteiger partial charge in [-0.05, 0) is 77.8 Å². The predicted molar refractivity (Wildman–Crippen MR) is 119 cm³/mol. The van der Waals surface area contributed by atoms with Crippen molar-refractivity contribution in [2.45, 2.75) is 55.1 Å². The fourth-order valence-electron chi connectivity index (χ4n) is 5.05. The van der Waals surface area contributed by atoms with Crippen molar-refractivity contribution in [1.29, 1.82) is 0 Å². The van der Waals surface area contributed by atoms with Crippen LogP contribution in [0.3, 0.4) is 0 Å². The maximum absolute atomic E-state index is 6.41. The summed E-state index contributed by atoms with van der Waals surface area (Å²) in [7, 11) is 0. The van der Waals surface area contributed by atoms with Crippen LogP contribution in [0.5, 0.6) is 0 Å². The topological polar surface area (TPSA) is 237 Å². The molecule has 0 fully saturated rings. The van der Waals surface area contributed by atoms with Gasteiger partial charge in [-0.3, -0.25) is 4.90 Å². The molecule has 0 aromatic rings. The summed E-state index contributed by atoms with van der Waals surface area (Å²) in [4.78, 5) is 2.40. The van der Waals surface area contributed by atoms with Crippen LogP contribution >= 0.6 is 0 Å². The molecule has 0 amide bonds. The molecule has 170 valence electrons. The molecule has 0 aliphatic heterocycles. The standard InChI is InChI=1S/C18H48N10/c19-7-1-16(13-25,2-8-20)28(17(14-26,3-9-21)4-10-22)18(15-27,5-11-23)6-12-24/h1-15,19-27H2. The van der Waals surface area contributed by atoms with Gasteiger partial charge in [0.15, 0.2) is 0 Å². The van der Waals surface area contributed by atoms with Gasteiger partial charge in [-0.1, -0.05) is 0 Å². The van der Waals surface area contributed by atoms with E-state index >= 15 is 0 Å². The van der Waals surface area contributed by atoms with Gasteiger partial charge in [0.2, 0.25) is 0 Å². The molecule has 0 bridgehead atoms. The second-order valence-electron chi connectivity index (χ2n) is 7.85. The predicted octanol–water partition coefficient (Wildman–Crippen LogP) is -3.53. The minimum absolute atomic E-state index is 0.370. The molecule has 0 heterocycles. The van der Waals surface area contributed by atoms with Gasteiger partial charge in [-0.25, -0.2) is 0 Å². The van der Waals surface area contributed by atoms with Crippen LogP contribution in [0.4, 0.5) is 0 Å². The van der Waals surface area contributed by atoms with Gasteiger partial charge in [-0.2, -0.15) is 0 Å². The molecule has 10 heteroatoms. The Morgan fingerprint density at radius 2 is 0.536 bits per heavy atom. The fourth-order valence-corrected chi connectivity index (χ4v) is 5.05. The van der Waals surface area contributed by atoms with Crippen molar-refractivity contribution in [2.24, 2.45) is 51.6 Å². The van der Waals surface area contributed by atoms with E-state index in [0.717, 1.165) is 0 Å². The number of nitrogens with two attached hydrogens (primary N) is 9. The zero-order valence-electron chi connectivity index (χ0n) is 17.7. The number of hydrogen-bond acceptors (Lipinski definition) is 10. The van der Waals surface area contributed by atoms with Gasteiger partial charge in [0.25, 0.3) is 0 Å². The molecule has 18 N–H and O–H groups in total. The Morgan fingerprint density at radius 3 is 0.643 bits per heavy atom. The van der Waals surface area contributed by atoms with Gasteiger partial charge in [-0.15, -0.1) is 0 Å². The van der Waals surface area contributed by atoms with Crippen molar-refractivity contribution < 1.29 is 0 Å². The van der Waals surface area contributed by atoms with E-state index in [1.807, 2.05) is 0 Å². The lowest BCUT2D eigenvalue weighted by Crippen LogP contribution is -2.76. The third-order valence-corrected chi connectivity index (χ3v) is 6.22. The van der Waals surface area contributed by atoms with Crippen molar-refractivity contribution in [3.8, 4) is 0 Å². The van der Waals surface area contributed by atoms with E-state index in [1.54, 1.807) is 0 Å². The largest absolute Gasteiger partial charge is 0.330 e. The monoisotopic (exact) mass is 404 g/mol. The molecule has 0 spiro atoms. The lowest BCUT2D eigenvalue weighted by atomic mass is 9.72. The van der Waals surface area contributed by atoms with Crippen LogP contribution in [0, 0.1) is 0 Å². The highest BCUT2D eigenvalue weighted by Crippen LogP contribution is 2.43. The highest BCUT2D eigenvalue weighted by Gasteiger charge is 2.54. The summed E-state index contributed by atoms with van der Waals surface area (Å²) in [5.41, 5.74) is 54.0. The second kappa shape index (κ2) is 13.8. The van der Waals surface area contributed by atoms with Crippen LogP contribution in [-0.2, 0) is 0 Å². The lowest BCUT2D eigenvalue weighted by Gasteiger charge is -2.63. The minimum atomic E-state index is -0.489. The molecule has 0 saturated carbocycles. The number of rotatable bonds is 18. The average Bonchev–Trinajstić information content (AvgIpc) is 2.68. The third-order valence-electron chi connectivity index (χ3n) is 6.22. The zero-order chi connectivity index (χ0) is 21.7. The molecule has 0 unspecified atom stereocenters. The van der Waals surface area contributed by atoms with Gasteiger partial charge < -0.3 is 51.6 Å².